The third-order valence-electron chi connectivity index (χ3n) is 9.19. The Bertz CT molecular complexity index is 1630. The van der Waals surface area contributed by atoms with Gasteiger partial charge in [0.15, 0.2) is 0 Å². The van der Waals surface area contributed by atoms with Crippen molar-refractivity contribution in [3.63, 3.8) is 0 Å². The third kappa shape index (κ3) is 12.7. The van der Waals surface area contributed by atoms with Gasteiger partial charge in [0.25, 0.3) is 5.91 Å². The van der Waals surface area contributed by atoms with Crippen LogP contribution in [-0.2, 0) is 35.2 Å². The van der Waals surface area contributed by atoms with Gasteiger partial charge in [0.1, 0.15) is 12.2 Å². The number of benzene rings is 1. The number of anilines is 1. The molecule has 0 unspecified atom stereocenters. The average molecular weight is 740 g/mol. The molecule has 1 aromatic carbocycles. The van der Waals surface area contributed by atoms with Crippen molar-refractivity contribution in [3.8, 4) is 0 Å². The van der Waals surface area contributed by atoms with Gasteiger partial charge in [0.2, 0.25) is 17.7 Å². The Morgan fingerprint density at radius 1 is 0.904 bits per heavy atom. The zero-order chi connectivity index (χ0) is 37.3. The third-order valence-corrected chi connectivity index (χ3v) is 10.0. The van der Waals surface area contributed by atoms with Crippen LogP contribution in [0.1, 0.15) is 80.8 Å². The Labute approximate surface area is 309 Å². The van der Waals surface area contributed by atoms with Crippen molar-refractivity contribution < 1.29 is 38.6 Å². The number of hydrogen-bond donors (Lipinski definition) is 4. The summed E-state index contributed by atoms with van der Waals surface area (Å²) in [7, 11) is 0. The molecule has 2 aromatic heterocycles. The fourth-order valence-electron chi connectivity index (χ4n) is 6.39. The number of nitrogens with one attached hydrogen (secondary N) is 3. The van der Waals surface area contributed by atoms with Crippen LogP contribution in [0.3, 0.4) is 0 Å². The highest BCUT2D eigenvalue weighted by molar-refractivity contribution is 7.17. The molecule has 0 spiro atoms. The topological polar surface area (TPSA) is 168 Å². The molecule has 3 aromatic rings. The average Bonchev–Trinajstić information content (AvgIpc) is 3.72. The second kappa shape index (κ2) is 21.3. The molecular formula is C38H53N5O8S. The smallest absolute Gasteiger partial charge is 0.305 e. The highest BCUT2D eigenvalue weighted by atomic mass is 32.1. The number of hydrogen-bond acceptors (Lipinski definition) is 8. The quantitative estimate of drug-likeness (QED) is 0.108. The van der Waals surface area contributed by atoms with E-state index in [9.17, 15) is 24.0 Å². The number of carbonyl (C=O) groups is 5. The lowest BCUT2D eigenvalue weighted by molar-refractivity contribution is -0.138. The molecule has 4 rings (SSSR count). The highest BCUT2D eigenvalue weighted by Crippen LogP contribution is 2.28. The molecule has 4 amide bonds. The Morgan fingerprint density at radius 2 is 1.67 bits per heavy atom. The van der Waals surface area contributed by atoms with Crippen molar-refractivity contribution in [2.75, 3.05) is 51.0 Å². The zero-order valence-corrected chi connectivity index (χ0v) is 31.1. The van der Waals surface area contributed by atoms with Crippen molar-refractivity contribution in [3.05, 3.63) is 53.0 Å². The van der Waals surface area contributed by atoms with Crippen molar-refractivity contribution in [2.24, 2.45) is 5.92 Å². The van der Waals surface area contributed by atoms with E-state index in [1.54, 1.807) is 16.2 Å². The van der Waals surface area contributed by atoms with Crippen LogP contribution in [0, 0.1) is 12.8 Å². The Hall–Kier alpha value is -4.27. The van der Waals surface area contributed by atoms with Crippen LogP contribution in [0.25, 0.3) is 10.2 Å². The molecule has 0 radical (unpaired) electrons. The number of fused-ring (bicyclic) bond motifs is 1. The summed E-state index contributed by atoms with van der Waals surface area (Å²) in [5.41, 5.74) is 3.24. The lowest BCUT2D eigenvalue weighted by Gasteiger charge is -2.28. The molecule has 0 atom stereocenters. The number of aryl methyl sites for hydroxylation is 1. The van der Waals surface area contributed by atoms with E-state index in [0.717, 1.165) is 40.7 Å². The summed E-state index contributed by atoms with van der Waals surface area (Å²) in [6.45, 7) is 6.63. The second-order valence-electron chi connectivity index (χ2n) is 13.1. The van der Waals surface area contributed by atoms with Gasteiger partial charge < -0.3 is 40.0 Å². The largest absolute Gasteiger partial charge is 0.481 e. The van der Waals surface area contributed by atoms with E-state index in [4.69, 9.17) is 14.6 Å². The zero-order valence-electron chi connectivity index (χ0n) is 30.3. The maximum atomic E-state index is 13.6. The van der Waals surface area contributed by atoms with Crippen LogP contribution >= 0.6 is 11.3 Å². The highest BCUT2D eigenvalue weighted by Gasteiger charge is 2.29. The maximum absolute atomic E-state index is 13.6. The lowest BCUT2D eigenvalue weighted by atomic mass is 9.85. The van der Waals surface area contributed by atoms with Gasteiger partial charge in [0.05, 0.1) is 43.1 Å². The number of likely N-dealkylation sites (N-methyl/N-ethyl adjacent to an activating group) is 1. The summed E-state index contributed by atoms with van der Waals surface area (Å²) in [5, 5.41) is 19.5. The molecule has 14 heteroatoms. The first-order valence-corrected chi connectivity index (χ1v) is 19.2. The number of rotatable bonds is 22. The summed E-state index contributed by atoms with van der Waals surface area (Å²) in [6.07, 6.45) is 5.49. The molecule has 0 bridgehead atoms. The van der Waals surface area contributed by atoms with Gasteiger partial charge in [-0.05, 0) is 87.6 Å². The van der Waals surface area contributed by atoms with Gasteiger partial charge in [-0.3, -0.25) is 24.0 Å². The lowest BCUT2D eigenvalue weighted by Crippen LogP contribution is -2.42. The van der Waals surface area contributed by atoms with Crippen LogP contribution in [-0.4, -0.2) is 91.4 Å². The number of aromatic nitrogens is 1. The monoisotopic (exact) mass is 739 g/mol. The number of carboxylic acid groups (broad SMARTS) is 1. The summed E-state index contributed by atoms with van der Waals surface area (Å²) in [5.74, 6) is -1.29. The van der Waals surface area contributed by atoms with Gasteiger partial charge in [-0.15, -0.1) is 11.3 Å². The molecule has 52 heavy (non-hydrogen) atoms. The molecule has 13 nitrogen and oxygen atoms in total. The predicted octanol–water partition coefficient (Wildman–Crippen LogP) is 4.65. The number of nitrogens with zero attached hydrogens (tertiary/aromatic N) is 2. The van der Waals surface area contributed by atoms with E-state index in [0.29, 0.717) is 77.3 Å². The Balaban J connectivity index is 1.10. The van der Waals surface area contributed by atoms with Crippen LogP contribution in [0.5, 0.6) is 0 Å². The first kappa shape index (κ1) is 40.5. The molecule has 1 aliphatic rings. The minimum Gasteiger partial charge on any atom is -0.481 e. The van der Waals surface area contributed by atoms with Crippen molar-refractivity contribution in [2.45, 2.75) is 84.2 Å². The molecule has 2 heterocycles. The van der Waals surface area contributed by atoms with Crippen LogP contribution < -0.4 is 20.9 Å². The van der Waals surface area contributed by atoms with E-state index < -0.39 is 5.97 Å². The number of amides is 4. The van der Waals surface area contributed by atoms with Crippen molar-refractivity contribution in [1.82, 2.24) is 20.5 Å². The van der Waals surface area contributed by atoms with Crippen LogP contribution in [0.15, 0.2) is 41.8 Å². The SMILES string of the molecule is CCN(C(=O)Cn1c(C(=O)NC2CCC(C(=O)NCCCCCC(=O)NCCOCCOCCC(=O)O)CC2)cc2sccc21)c1cccc(C)c1. The molecule has 4 N–H and O–H groups in total. The summed E-state index contributed by atoms with van der Waals surface area (Å²) < 4.78 is 13.3. The van der Waals surface area contributed by atoms with Crippen molar-refractivity contribution in [1.29, 1.82) is 0 Å². The molecule has 1 aliphatic carbocycles. The van der Waals surface area contributed by atoms with E-state index in [1.165, 1.54) is 0 Å². The first-order chi connectivity index (χ1) is 25.2. The number of ether oxygens (including phenoxy) is 2. The minimum atomic E-state index is -0.902. The number of carboxylic acids is 1. The van der Waals surface area contributed by atoms with Gasteiger partial charge in [-0.25, -0.2) is 0 Å². The van der Waals surface area contributed by atoms with Crippen LogP contribution in [0.4, 0.5) is 5.69 Å². The standard InChI is InChI=1S/C38H53N5O8S/c1-3-42(30-9-7-8-27(2)24-30)35(45)26-43-31-16-23-52-33(31)25-32(43)38(49)41-29-13-11-28(12-14-29)37(48)40-17-6-4-5-10-34(44)39-18-20-51-22-21-50-19-15-36(46)47/h7-9,16,23-25,28-29H,3-6,10-15,17-22,26H2,1-2H3,(H,39,44)(H,40,48)(H,41,49)(H,46,47). The van der Waals surface area contributed by atoms with Gasteiger partial charge in [-0.2, -0.15) is 0 Å². The maximum Gasteiger partial charge on any atom is 0.305 e. The molecule has 0 aliphatic heterocycles. The Kier molecular flexibility index (Phi) is 16.6. The van der Waals surface area contributed by atoms with Gasteiger partial charge in [0, 0.05) is 43.7 Å². The predicted molar refractivity (Wildman–Crippen MR) is 201 cm³/mol. The molecule has 0 saturated heterocycles. The summed E-state index contributed by atoms with van der Waals surface area (Å²) in [4.78, 5) is 64.1. The fourth-order valence-corrected chi connectivity index (χ4v) is 7.21. The van der Waals surface area contributed by atoms with E-state index in [1.807, 2.05) is 60.2 Å². The first-order valence-electron chi connectivity index (χ1n) is 18.3. The second-order valence-corrected chi connectivity index (χ2v) is 14.1. The number of unbranched alkanes of at least 4 members (excludes halogenated alkanes) is 2. The van der Waals surface area contributed by atoms with Crippen molar-refractivity contribution >= 4 is 56.8 Å². The molecule has 284 valence electrons. The van der Waals surface area contributed by atoms with E-state index >= 15 is 0 Å². The fraction of sp³-hybridized carbons (Fsp3) is 0.553. The molecule has 1 fully saturated rings. The minimum absolute atomic E-state index is 0.0381. The number of thiophene rings is 1. The summed E-state index contributed by atoms with van der Waals surface area (Å²) in [6, 6.07) is 11.6. The van der Waals surface area contributed by atoms with Crippen LogP contribution in [0.2, 0.25) is 0 Å². The van der Waals surface area contributed by atoms with E-state index in [-0.39, 0.29) is 55.2 Å². The summed E-state index contributed by atoms with van der Waals surface area (Å²) >= 11 is 1.54. The molecule has 1 saturated carbocycles. The van der Waals surface area contributed by atoms with Gasteiger partial charge >= 0.3 is 5.97 Å². The normalized spacial score (nSPS) is 15.7. The number of carbonyl (C=O) groups excluding carboxylic acids is 4. The Morgan fingerprint density at radius 3 is 2.40 bits per heavy atom. The molecular weight excluding hydrogens is 687 g/mol. The van der Waals surface area contributed by atoms with Gasteiger partial charge in [-0.1, -0.05) is 18.6 Å². The number of aliphatic carboxylic acids is 1. The van der Waals surface area contributed by atoms with E-state index in [2.05, 4.69) is 16.0 Å².